The molecule has 0 radical (unpaired) electrons. The van der Waals surface area contributed by atoms with Crippen molar-refractivity contribution in [1.29, 1.82) is 0 Å². The van der Waals surface area contributed by atoms with Crippen LogP contribution in [0.2, 0.25) is 0 Å². The lowest BCUT2D eigenvalue weighted by Gasteiger charge is -2.37. The number of amides is 3. The van der Waals surface area contributed by atoms with E-state index in [1.54, 1.807) is 16.7 Å². The Labute approximate surface area is 190 Å². The number of carbonyl (C=O) groups excluding carboxylic acids is 3. The van der Waals surface area contributed by atoms with Crippen molar-refractivity contribution in [3.63, 3.8) is 0 Å². The molecule has 2 bridgehead atoms. The maximum atomic E-state index is 13.8. The molecule has 3 heterocycles. The van der Waals surface area contributed by atoms with Crippen LogP contribution in [0.4, 0.5) is 0 Å². The van der Waals surface area contributed by atoms with Gasteiger partial charge in [0, 0.05) is 18.3 Å². The summed E-state index contributed by atoms with van der Waals surface area (Å²) in [4.78, 5) is 42.0. The largest absolute Gasteiger partial charge is 0.394 e. The Morgan fingerprint density at radius 3 is 2.52 bits per heavy atom. The van der Waals surface area contributed by atoms with Crippen LogP contribution < -0.4 is 10.6 Å². The number of hydrogen-bond donors (Lipinski definition) is 3. The normalized spacial score (nSPS) is 32.5. The van der Waals surface area contributed by atoms with Gasteiger partial charge in [-0.1, -0.05) is 34.1 Å². The van der Waals surface area contributed by atoms with E-state index in [1.807, 2.05) is 6.92 Å². The van der Waals surface area contributed by atoms with Crippen LogP contribution in [0.1, 0.15) is 66.2 Å². The summed E-state index contributed by atoms with van der Waals surface area (Å²) < 4.78 is -0.573. The first-order valence-corrected chi connectivity index (χ1v) is 12.9. The molecule has 7 nitrogen and oxygen atoms in total. The van der Waals surface area contributed by atoms with Gasteiger partial charge in [0.25, 0.3) is 0 Å². The van der Waals surface area contributed by atoms with Gasteiger partial charge in [0.2, 0.25) is 17.7 Å². The highest BCUT2D eigenvalue weighted by atomic mass is 32.2. The van der Waals surface area contributed by atoms with Crippen LogP contribution in [0.15, 0.2) is 0 Å². The standard InChI is InChI=1S/C23H39N3O4S/c1-5-7-11-25-21(29)19-23-9-8-16(31-23)17(20(28)24-10-6-2)18(23)22(30)26(19)15(13-27)12-14(3)4/h14-19,27H,5-13H2,1-4H3,(H,24,28)(H,25,29)/t15-,16-,17+,18+,19?,23?/m1/s1. The molecule has 8 heteroatoms. The van der Waals surface area contributed by atoms with Gasteiger partial charge in [-0.15, -0.1) is 11.8 Å². The lowest BCUT2D eigenvalue weighted by atomic mass is 9.70. The molecular formula is C23H39N3O4S. The molecule has 176 valence electrons. The monoisotopic (exact) mass is 453 g/mol. The van der Waals surface area contributed by atoms with Crippen LogP contribution in [0.25, 0.3) is 0 Å². The lowest BCUT2D eigenvalue weighted by molar-refractivity contribution is -0.143. The summed E-state index contributed by atoms with van der Waals surface area (Å²) in [7, 11) is 0. The summed E-state index contributed by atoms with van der Waals surface area (Å²) in [5.41, 5.74) is 0. The highest BCUT2D eigenvalue weighted by molar-refractivity contribution is 8.02. The van der Waals surface area contributed by atoms with E-state index in [2.05, 4.69) is 31.4 Å². The van der Waals surface area contributed by atoms with Crippen molar-refractivity contribution >= 4 is 29.5 Å². The van der Waals surface area contributed by atoms with Crippen molar-refractivity contribution in [3.05, 3.63) is 0 Å². The van der Waals surface area contributed by atoms with Gasteiger partial charge >= 0.3 is 0 Å². The van der Waals surface area contributed by atoms with Gasteiger partial charge in [-0.2, -0.15) is 0 Å². The molecule has 3 saturated heterocycles. The molecular weight excluding hydrogens is 414 g/mol. The third-order valence-corrected chi connectivity index (χ3v) is 8.97. The number of nitrogens with zero attached hydrogens (tertiary/aromatic N) is 1. The zero-order valence-electron chi connectivity index (χ0n) is 19.4. The number of hydrogen-bond acceptors (Lipinski definition) is 5. The second-order valence-corrected chi connectivity index (χ2v) is 11.3. The minimum atomic E-state index is -0.628. The number of carbonyl (C=O) groups is 3. The average molecular weight is 454 g/mol. The summed E-state index contributed by atoms with van der Waals surface area (Å²) in [6.45, 7) is 9.19. The lowest BCUT2D eigenvalue weighted by Crippen LogP contribution is -2.56. The number of unbranched alkanes of at least 4 members (excludes halogenated alkanes) is 1. The molecule has 0 aromatic heterocycles. The molecule has 3 amide bonds. The topological polar surface area (TPSA) is 98.7 Å². The fourth-order valence-corrected chi connectivity index (χ4v) is 7.96. The van der Waals surface area contributed by atoms with Gasteiger partial charge in [0.05, 0.1) is 29.2 Å². The first-order chi connectivity index (χ1) is 14.8. The van der Waals surface area contributed by atoms with Gasteiger partial charge in [0.15, 0.2) is 0 Å². The fourth-order valence-electron chi connectivity index (χ4n) is 5.76. The quantitative estimate of drug-likeness (QED) is 0.415. The molecule has 3 fully saturated rings. The van der Waals surface area contributed by atoms with Gasteiger partial charge in [-0.05, 0) is 38.0 Å². The number of aliphatic hydroxyl groups is 1. The first-order valence-electron chi connectivity index (χ1n) is 12.0. The van der Waals surface area contributed by atoms with Crippen LogP contribution in [-0.4, -0.2) is 69.5 Å². The minimum Gasteiger partial charge on any atom is -0.394 e. The Kier molecular flexibility index (Phi) is 7.95. The Hall–Kier alpha value is -1.28. The number of thioether (sulfide) groups is 1. The van der Waals surface area contributed by atoms with E-state index in [0.29, 0.717) is 19.5 Å². The summed E-state index contributed by atoms with van der Waals surface area (Å²) >= 11 is 1.68. The molecule has 0 saturated carbocycles. The Bertz CT molecular complexity index is 688. The first kappa shape index (κ1) is 24.4. The maximum Gasteiger partial charge on any atom is 0.244 e. The Balaban J connectivity index is 1.96. The summed E-state index contributed by atoms with van der Waals surface area (Å²) in [6.07, 6.45) is 4.94. The molecule has 1 spiro atoms. The third-order valence-electron chi connectivity index (χ3n) is 7.02. The molecule has 3 aliphatic heterocycles. The zero-order chi connectivity index (χ0) is 22.8. The van der Waals surface area contributed by atoms with Gasteiger partial charge < -0.3 is 20.6 Å². The SMILES string of the molecule is CCCCNC(=O)C1N([C@@H](CO)CC(C)C)C(=O)[C@@H]2[C@@H](C(=O)NCCC)[C@H]3CCC12S3. The summed E-state index contributed by atoms with van der Waals surface area (Å²) in [6, 6.07) is -1.04. The second-order valence-electron chi connectivity index (χ2n) is 9.70. The predicted octanol–water partition coefficient (Wildman–Crippen LogP) is 1.93. The maximum absolute atomic E-state index is 13.8. The van der Waals surface area contributed by atoms with Crippen molar-refractivity contribution in [1.82, 2.24) is 15.5 Å². The summed E-state index contributed by atoms with van der Waals surface area (Å²) in [5.74, 6) is -0.922. The number of rotatable bonds is 11. The van der Waals surface area contributed by atoms with Crippen LogP contribution in [0, 0.1) is 17.8 Å². The molecule has 2 unspecified atom stereocenters. The number of nitrogens with one attached hydrogen (secondary N) is 2. The van der Waals surface area contributed by atoms with Crippen molar-refractivity contribution in [2.24, 2.45) is 17.8 Å². The van der Waals surface area contributed by atoms with Crippen molar-refractivity contribution in [2.75, 3.05) is 19.7 Å². The second kappa shape index (κ2) is 10.1. The molecule has 0 aromatic rings. The molecule has 3 aliphatic rings. The van der Waals surface area contributed by atoms with Gasteiger partial charge in [-0.25, -0.2) is 0 Å². The smallest absolute Gasteiger partial charge is 0.244 e. The molecule has 0 aliphatic carbocycles. The van der Waals surface area contributed by atoms with Crippen LogP contribution in [0.3, 0.4) is 0 Å². The fraction of sp³-hybridized carbons (Fsp3) is 0.870. The van der Waals surface area contributed by atoms with Crippen molar-refractivity contribution in [2.45, 2.75) is 88.3 Å². The van der Waals surface area contributed by atoms with Crippen LogP contribution >= 0.6 is 11.8 Å². The van der Waals surface area contributed by atoms with E-state index >= 15 is 0 Å². The van der Waals surface area contributed by atoms with Crippen molar-refractivity contribution in [3.8, 4) is 0 Å². The van der Waals surface area contributed by atoms with Crippen molar-refractivity contribution < 1.29 is 19.5 Å². The highest BCUT2D eigenvalue weighted by Gasteiger charge is 2.74. The Morgan fingerprint density at radius 1 is 1.19 bits per heavy atom. The minimum absolute atomic E-state index is 0.0596. The third kappa shape index (κ3) is 4.34. The highest BCUT2D eigenvalue weighted by Crippen LogP contribution is 2.66. The van der Waals surface area contributed by atoms with E-state index in [-0.39, 0.29) is 35.5 Å². The Morgan fingerprint density at radius 2 is 1.90 bits per heavy atom. The van der Waals surface area contributed by atoms with E-state index in [1.165, 1.54) is 0 Å². The van der Waals surface area contributed by atoms with Gasteiger partial charge in [0.1, 0.15) is 6.04 Å². The molecule has 3 N–H and O–H groups in total. The predicted molar refractivity (Wildman–Crippen MR) is 123 cm³/mol. The van der Waals surface area contributed by atoms with E-state index in [9.17, 15) is 19.5 Å². The van der Waals surface area contributed by atoms with E-state index in [0.717, 1.165) is 32.1 Å². The zero-order valence-corrected chi connectivity index (χ0v) is 20.2. The molecule has 0 aromatic carbocycles. The van der Waals surface area contributed by atoms with E-state index < -0.39 is 28.7 Å². The molecule has 3 rings (SSSR count). The molecule has 6 atom stereocenters. The van der Waals surface area contributed by atoms with Crippen LogP contribution in [-0.2, 0) is 14.4 Å². The molecule has 31 heavy (non-hydrogen) atoms. The average Bonchev–Trinajstić information content (AvgIpc) is 3.37. The van der Waals surface area contributed by atoms with Gasteiger partial charge in [-0.3, -0.25) is 14.4 Å². The number of likely N-dealkylation sites (tertiary alicyclic amines) is 1. The van der Waals surface area contributed by atoms with Crippen LogP contribution in [0.5, 0.6) is 0 Å². The summed E-state index contributed by atoms with van der Waals surface area (Å²) in [5, 5.41) is 16.3. The van der Waals surface area contributed by atoms with E-state index in [4.69, 9.17) is 0 Å². The number of aliphatic hydroxyl groups excluding tert-OH is 1. The number of fused-ring (bicyclic) bond motifs is 1.